The first kappa shape index (κ1) is 21.1. The predicted molar refractivity (Wildman–Crippen MR) is 102 cm³/mol. The number of aryl methyl sites for hydroxylation is 1. The third-order valence-corrected chi connectivity index (χ3v) is 4.57. The number of hydrogen-bond acceptors (Lipinski definition) is 5. The minimum atomic E-state index is -4.82. The molecule has 154 valence electrons. The molecule has 2 heterocycles. The van der Waals surface area contributed by atoms with Crippen LogP contribution in [0.5, 0.6) is 5.75 Å². The fraction of sp³-hybridized carbons (Fsp3) is 0.316. The van der Waals surface area contributed by atoms with Crippen LogP contribution in [0, 0.1) is 6.92 Å². The monoisotopic (exact) mass is 427 g/mol. The number of halogens is 4. The summed E-state index contributed by atoms with van der Waals surface area (Å²) in [7, 11) is 1.53. The summed E-state index contributed by atoms with van der Waals surface area (Å²) >= 11 is 6.23. The van der Waals surface area contributed by atoms with Crippen LogP contribution in [0.2, 0.25) is 5.02 Å². The van der Waals surface area contributed by atoms with E-state index in [-0.39, 0.29) is 28.9 Å². The molecule has 0 bridgehead atoms. The van der Waals surface area contributed by atoms with Crippen molar-refractivity contribution in [2.45, 2.75) is 26.3 Å². The topological polar surface area (TPSA) is 66.2 Å². The van der Waals surface area contributed by atoms with Crippen LogP contribution < -0.4 is 10.3 Å². The molecule has 0 spiro atoms. The van der Waals surface area contributed by atoms with E-state index in [2.05, 4.69) is 14.7 Å². The molecule has 6 nitrogen and oxygen atoms in total. The zero-order chi connectivity index (χ0) is 21.3. The highest BCUT2D eigenvalue weighted by Gasteiger charge is 2.31. The van der Waals surface area contributed by atoms with Crippen LogP contribution in [0.15, 0.2) is 35.3 Å². The van der Waals surface area contributed by atoms with Crippen LogP contribution in [0.4, 0.5) is 13.2 Å². The van der Waals surface area contributed by atoms with Gasteiger partial charge in [0.1, 0.15) is 17.0 Å². The second-order valence-electron chi connectivity index (χ2n) is 6.40. The maximum Gasteiger partial charge on any atom is 0.573 e. The number of benzene rings is 1. The van der Waals surface area contributed by atoms with Crippen LogP contribution in [-0.4, -0.2) is 34.6 Å². The molecule has 1 aromatic carbocycles. The minimum Gasteiger partial charge on any atom is -0.406 e. The second-order valence-corrected chi connectivity index (χ2v) is 6.80. The SMILES string of the molecule is COC[C@@H](C)n1c(=O)c(C)nc2c(-c3ccc(OC(F)(F)F)cc3Cl)ccnc21. The molecule has 3 aromatic rings. The van der Waals surface area contributed by atoms with Crippen molar-refractivity contribution in [1.82, 2.24) is 14.5 Å². The molecule has 1 atom stereocenters. The van der Waals surface area contributed by atoms with Crippen molar-refractivity contribution < 1.29 is 22.6 Å². The highest BCUT2D eigenvalue weighted by Crippen LogP contribution is 2.35. The van der Waals surface area contributed by atoms with Crippen molar-refractivity contribution in [2.75, 3.05) is 13.7 Å². The molecule has 0 aliphatic carbocycles. The summed E-state index contributed by atoms with van der Waals surface area (Å²) in [5.74, 6) is -0.431. The van der Waals surface area contributed by atoms with Gasteiger partial charge in [0.2, 0.25) is 0 Å². The molecule has 0 radical (unpaired) electrons. The molecule has 0 amide bonds. The summed E-state index contributed by atoms with van der Waals surface area (Å²) in [5, 5.41) is 0.0430. The van der Waals surface area contributed by atoms with Crippen LogP contribution in [0.3, 0.4) is 0 Å². The van der Waals surface area contributed by atoms with Gasteiger partial charge in [-0.1, -0.05) is 11.6 Å². The lowest BCUT2D eigenvalue weighted by Crippen LogP contribution is -2.29. The molecule has 0 aliphatic rings. The maximum atomic E-state index is 12.6. The van der Waals surface area contributed by atoms with Gasteiger partial charge in [0, 0.05) is 24.4 Å². The van der Waals surface area contributed by atoms with Crippen LogP contribution in [0.25, 0.3) is 22.3 Å². The standard InChI is InChI=1S/C19H17ClF3N3O3/c1-10(9-28-3)26-17-16(25-11(2)18(26)27)14(6-7-24-17)13-5-4-12(8-15(13)20)29-19(21,22)23/h4-8,10H,9H2,1-3H3/t10-/m1/s1. The van der Waals surface area contributed by atoms with E-state index in [1.165, 1.54) is 23.9 Å². The third-order valence-electron chi connectivity index (χ3n) is 4.25. The smallest absolute Gasteiger partial charge is 0.406 e. The fourth-order valence-corrected chi connectivity index (χ4v) is 3.34. The number of rotatable bonds is 5. The average molecular weight is 428 g/mol. The quantitative estimate of drug-likeness (QED) is 0.598. The molecule has 2 aromatic heterocycles. The van der Waals surface area contributed by atoms with E-state index in [4.69, 9.17) is 16.3 Å². The van der Waals surface area contributed by atoms with Crippen molar-refractivity contribution in [2.24, 2.45) is 0 Å². The van der Waals surface area contributed by atoms with E-state index >= 15 is 0 Å². The van der Waals surface area contributed by atoms with E-state index in [9.17, 15) is 18.0 Å². The van der Waals surface area contributed by atoms with Gasteiger partial charge in [0.15, 0.2) is 5.65 Å². The van der Waals surface area contributed by atoms with Gasteiger partial charge < -0.3 is 9.47 Å². The maximum absolute atomic E-state index is 12.6. The molecule has 0 aliphatic heterocycles. The summed E-state index contributed by atoms with van der Waals surface area (Å²) in [6.07, 6.45) is -3.33. The highest BCUT2D eigenvalue weighted by atomic mass is 35.5. The first-order chi connectivity index (χ1) is 13.6. The van der Waals surface area contributed by atoms with Crippen molar-refractivity contribution in [1.29, 1.82) is 0 Å². The number of alkyl halides is 3. The minimum absolute atomic E-state index is 0.0430. The Morgan fingerprint density at radius 1 is 1.24 bits per heavy atom. The lowest BCUT2D eigenvalue weighted by atomic mass is 10.1. The first-order valence-electron chi connectivity index (χ1n) is 8.55. The normalized spacial score (nSPS) is 12.9. The number of fused-ring (bicyclic) bond motifs is 1. The van der Waals surface area contributed by atoms with Gasteiger partial charge in [-0.05, 0) is 38.1 Å². The summed E-state index contributed by atoms with van der Waals surface area (Å²) in [5.41, 5.74) is 1.65. The number of hydrogen-bond donors (Lipinski definition) is 0. The Morgan fingerprint density at radius 3 is 2.59 bits per heavy atom. The van der Waals surface area contributed by atoms with E-state index in [1.807, 2.05) is 6.92 Å². The second kappa shape index (κ2) is 8.00. The molecule has 0 fully saturated rings. The van der Waals surface area contributed by atoms with Gasteiger partial charge >= 0.3 is 6.36 Å². The molecule has 29 heavy (non-hydrogen) atoms. The highest BCUT2D eigenvalue weighted by molar-refractivity contribution is 6.33. The molecule has 0 unspecified atom stereocenters. The van der Waals surface area contributed by atoms with Crippen LogP contribution in [-0.2, 0) is 4.74 Å². The Balaban J connectivity index is 2.20. The lowest BCUT2D eigenvalue weighted by Gasteiger charge is -2.18. The van der Waals surface area contributed by atoms with Gasteiger partial charge in [-0.15, -0.1) is 13.2 Å². The molecule has 10 heteroatoms. The number of nitrogens with zero attached hydrogens (tertiary/aromatic N) is 3. The Morgan fingerprint density at radius 2 is 1.97 bits per heavy atom. The van der Waals surface area contributed by atoms with Crippen LogP contribution >= 0.6 is 11.6 Å². The van der Waals surface area contributed by atoms with Crippen molar-refractivity contribution in [3.63, 3.8) is 0 Å². The van der Waals surface area contributed by atoms with Crippen molar-refractivity contribution in [3.05, 3.63) is 51.5 Å². The summed E-state index contributed by atoms with van der Waals surface area (Å²) in [6, 6.07) is 4.97. The molecule has 0 saturated heterocycles. The number of aromatic nitrogens is 3. The number of pyridine rings is 1. The Hall–Kier alpha value is -2.65. The van der Waals surface area contributed by atoms with Gasteiger partial charge in [0.25, 0.3) is 5.56 Å². The Bertz CT molecular complexity index is 1120. The predicted octanol–water partition coefficient (Wildman–Crippen LogP) is 4.53. The molecule has 0 N–H and O–H groups in total. The van der Waals surface area contributed by atoms with Gasteiger partial charge in [-0.25, -0.2) is 9.97 Å². The van der Waals surface area contributed by atoms with E-state index in [1.54, 1.807) is 13.0 Å². The molecular weight excluding hydrogens is 411 g/mol. The van der Waals surface area contributed by atoms with Gasteiger partial charge in [-0.2, -0.15) is 0 Å². The van der Waals surface area contributed by atoms with E-state index in [0.717, 1.165) is 12.1 Å². The fourth-order valence-electron chi connectivity index (χ4n) is 3.07. The summed E-state index contributed by atoms with van der Waals surface area (Å²) < 4.78 is 47.9. The molecular formula is C19H17ClF3N3O3. The Labute approximate surface area is 168 Å². The van der Waals surface area contributed by atoms with Crippen molar-refractivity contribution in [3.8, 4) is 16.9 Å². The zero-order valence-electron chi connectivity index (χ0n) is 15.7. The van der Waals surface area contributed by atoms with E-state index < -0.39 is 12.1 Å². The first-order valence-corrected chi connectivity index (χ1v) is 8.92. The number of ether oxygens (including phenoxy) is 2. The number of methoxy groups -OCH3 is 1. The summed E-state index contributed by atoms with van der Waals surface area (Å²) in [4.78, 5) is 21.3. The van der Waals surface area contributed by atoms with Crippen molar-refractivity contribution >= 4 is 22.8 Å². The Kier molecular flexibility index (Phi) is 5.81. The zero-order valence-corrected chi connectivity index (χ0v) is 16.5. The molecule has 0 saturated carbocycles. The average Bonchev–Trinajstić information content (AvgIpc) is 2.61. The van der Waals surface area contributed by atoms with E-state index in [0.29, 0.717) is 22.3 Å². The molecule has 3 rings (SSSR count). The van der Waals surface area contributed by atoms with Gasteiger partial charge in [0.05, 0.1) is 17.7 Å². The largest absolute Gasteiger partial charge is 0.573 e. The third kappa shape index (κ3) is 4.35. The lowest BCUT2D eigenvalue weighted by molar-refractivity contribution is -0.274. The van der Waals surface area contributed by atoms with Crippen LogP contribution in [0.1, 0.15) is 18.7 Å². The summed E-state index contributed by atoms with van der Waals surface area (Å²) in [6.45, 7) is 3.68. The van der Waals surface area contributed by atoms with Gasteiger partial charge in [-0.3, -0.25) is 9.36 Å².